The van der Waals surface area contributed by atoms with Crippen molar-refractivity contribution in [3.8, 4) is 0 Å². The lowest BCUT2D eigenvalue weighted by Crippen LogP contribution is -1.79. The van der Waals surface area contributed by atoms with Gasteiger partial charge in [0, 0.05) is 28.6 Å². The van der Waals surface area contributed by atoms with Crippen LogP contribution in [0.25, 0.3) is 32.8 Å². The molecule has 4 rings (SSSR count). The normalized spacial score (nSPS) is 11.5. The molecule has 3 heterocycles. The van der Waals surface area contributed by atoms with E-state index in [4.69, 9.17) is 0 Å². The van der Waals surface area contributed by atoms with Gasteiger partial charge in [-0.2, -0.15) is 0 Å². The van der Waals surface area contributed by atoms with Crippen LogP contribution in [0.2, 0.25) is 0 Å². The monoisotopic (exact) mass is 219 g/mol. The number of aromatic nitrogens is 3. The van der Waals surface area contributed by atoms with Gasteiger partial charge in [-0.05, 0) is 18.2 Å². The van der Waals surface area contributed by atoms with Crippen LogP contribution in [0.4, 0.5) is 0 Å². The van der Waals surface area contributed by atoms with Gasteiger partial charge in [0.15, 0.2) is 0 Å². The third-order valence-electron chi connectivity index (χ3n) is 3.09. The second-order valence-electron chi connectivity index (χ2n) is 4.12. The van der Waals surface area contributed by atoms with Gasteiger partial charge in [-0.15, -0.1) is 0 Å². The molecule has 0 aliphatic rings. The molecule has 0 fully saturated rings. The van der Waals surface area contributed by atoms with Crippen LogP contribution in [0.15, 0.2) is 48.8 Å². The van der Waals surface area contributed by atoms with Crippen molar-refractivity contribution in [1.29, 1.82) is 0 Å². The van der Waals surface area contributed by atoms with E-state index < -0.39 is 0 Å². The molecule has 0 atom stereocenters. The van der Waals surface area contributed by atoms with Crippen molar-refractivity contribution in [2.24, 2.45) is 0 Å². The first-order valence-corrected chi connectivity index (χ1v) is 5.53. The maximum Gasteiger partial charge on any atom is 0.139 e. The van der Waals surface area contributed by atoms with Crippen LogP contribution in [-0.4, -0.2) is 15.0 Å². The molecule has 0 spiro atoms. The molecular formula is C14H9N3. The highest BCUT2D eigenvalue weighted by molar-refractivity contribution is 6.08. The summed E-state index contributed by atoms with van der Waals surface area (Å²) < 4.78 is 0. The topological polar surface area (TPSA) is 41.6 Å². The molecule has 0 radical (unpaired) electrons. The number of nitrogens with zero attached hydrogens (tertiary/aromatic N) is 2. The van der Waals surface area contributed by atoms with Crippen molar-refractivity contribution in [3.05, 3.63) is 48.8 Å². The van der Waals surface area contributed by atoms with Crippen LogP contribution in [-0.2, 0) is 0 Å². The number of H-pyrrole nitrogens is 1. The van der Waals surface area contributed by atoms with Crippen LogP contribution in [0.1, 0.15) is 0 Å². The highest BCUT2D eigenvalue weighted by atomic mass is 14.9. The van der Waals surface area contributed by atoms with Crippen LogP contribution in [0.3, 0.4) is 0 Å². The van der Waals surface area contributed by atoms with Crippen molar-refractivity contribution < 1.29 is 0 Å². The molecule has 0 saturated carbocycles. The molecule has 80 valence electrons. The summed E-state index contributed by atoms with van der Waals surface area (Å²) in [6, 6.07) is 12.3. The van der Waals surface area contributed by atoms with Crippen LogP contribution in [0.5, 0.6) is 0 Å². The summed E-state index contributed by atoms with van der Waals surface area (Å²) in [4.78, 5) is 12.1. The Hall–Kier alpha value is -2.42. The molecule has 3 aromatic heterocycles. The lowest BCUT2D eigenvalue weighted by molar-refractivity contribution is 1.35. The van der Waals surface area contributed by atoms with Gasteiger partial charge < -0.3 is 4.98 Å². The number of nitrogens with one attached hydrogen (secondary N) is 1. The molecule has 1 N–H and O–H groups in total. The van der Waals surface area contributed by atoms with Crippen LogP contribution < -0.4 is 0 Å². The van der Waals surface area contributed by atoms with Gasteiger partial charge in [-0.25, -0.2) is 4.98 Å². The number of hydrogen-bond donors (Lipinski definition) is 1. The lowest BCUT2D eigenvalue weighted by Gasteiger charge is -1.96. The zero-order valence-electron chi connectivity index (χ0n) is 9.01. The Morgan fingerprint density at radius 2 is 1.94 bits per heavy atom. The number of pyridine rings is 2. The van der Waals surface area contributed by atoms with Crippen molar-refractivity contribution in [3.63, 3.8) is 0 Å². The third kappa shape index (κ3) is 1.16. The largest absolute Gasteiger partial charge is 0.339 e. The van der Waals surface area contributed by atoms with Gasteiger partial charge in [-0.3, -0.25) is 4.98 Å². The van der Waals surface area contributed by atoms with Crippen LogP contribution >= 0.6 is 0 Å². The quantitative estimate of drug-likeness (QED) is 0.493. The highest BCUT2D eigenvalue weighted by Gasteiger charge is 2.06. The summed E-state index contributed by atoms with van der Waals surface area (Å²) >= 11 is 0. The molecule has 0 saturated heterocycles. The molecule has 17 heavy (non-hydrogen) atoms. The predicted molar refractivity (Wildman–Crippen MR) is 68.9 cm³/mol. The van der Waals surface area contributed by atoms with Crippen molar-refractivity contribution in [2.75, 3.05) is 0 Å². The summed E-state index contributed by atoms with van der Waals surface area (Å²) in [7, 11) is 0. The van der Waals surface area contributed by atoms with E-state index in [1.807, 2.05) is 30.5 Å². The third-order valence-corrected chi connectivity index (χ3v) is 3.09. The van der Waals surface area contributed by atoms with Gasteiger partial charge in [0.2, 0.25) is 0 Å². The van der Waals surface area contributed by atoms with Crippen molar-refractivity contribution in [1.82, 2.24) is 15.0 Å². The van der Waals surface area contributed by atoms with E-state index in [1.165, 1.54) is 0 Å². The van der Waals surface area contributed by atoms with Gasteiger partial charge in [0.25, 0.3) is 0 Å². The molecule has 3 heteroatoms. The first-order chi connectivity index (χ1) is 8.42. The van der Waals surface area contributed by atoms with Crippen molar-refractivity contribution >= 4 is 32.8 Å². The standard InChI is InChI=1S/C14H9N3/c1-2-4-12-9(3-1)7-10-11-8-15-6-5-13(11)17-14(10)16-12/h1-8H,(H,16,17). The van der Waals surface area contributed by atoms with Crippen LogP contribution in [0, 0.1) is 0 Å². The second kappa shape index (κ2) is 3.04. The highest BCUT2D eigenvalue weighted by Crippen LogP contribution is 2.26. The predicted octanol–water partition coefficient (Wildman–Crippen LogP) is 3.26. The lowest BCUT2D eigenvalue weighted by atomic mass is 10.1. The van der Waals surface area contributed by atoms with E-state index >= 15 is 0 Å². The Kier molecular flexibility index (Phi) is 1.56. The van der Waals surface area contributed by atoms with E-state index in [-0.39, 0.29) is 0 Å². The average Bonchev–Trinajstić information content (AvgIpc) is 2.73. The Labute approximate surface area is 97.1 Å². The molecular weight excluding hydrogens is 210 g/mol. The second-order valence-corrected chi connectivity index (χ2v) is 4.12. The number of para-hydroxylation sites is 1. The van der Waals surface area contributed by atoms with Gasteiger partial charge in [0.1, 0.15) is 5.65 Å². The smallest absolute Gasteiger partial charge is 0.139 e. The minimum atomic E-state index is 0.923. The molecule has 3 nitrogen and oxygen atoms in total. The van der Waals surface area contributed by atoms with Gasteiger partial charge in [-0.1, -0.05) is 18.2 Å². The number of benzene rings is 1. The zero-order chi connectivity index (χ0) is 11.2. The molecule has 0 aliphatic carbocycles. The fourth-order valence-corrected chi connectivity index (χ4v) is 2.26. The van der Waals surface area contributed by atoms with E-state index in [0.717, 1.165) is 32.8 Å². The average molecular weight is 219 g/mol. The zero-order valence-corrected chi connectivity index (χ0v) is 9.01. The van der Waals surface area contributed by atoms with E-state index in [1.54, 1.807) is 6.20 Å². The fraction of sp³-hybridized carbons (Fsp3) is 0. The first kappa shape index (κ1) is 8.70. The van der Waals surface area contributed by atoms with E-state index in [9.17, 15) is 0 Å². The summed E-state index contributed by atoms with van der Waals surface area (Å²) in [6.45, 7) is 0. The minimum Gasteiger partial charge on any atom is -0.339 e. The molecule has 4 aromatic rings. The molecule has 0 amide bonds. The number of aromatic amines is 1. The molecule has 0 aliphatic heterocycles. The van der Waals surface area contributed by atoms with Gasteiger partial charge in [0.05, 0.1) is 11.0 Å². The van der Waals surface area contributed by atoms with Gasteiger partial charge >= 0.3 is 0 Å². The Morgan fingerprint density at radius 3 is 2.94 bits per heavy atom. The fourth-order valence-electron chi connectivity index (χ4n) is 2.26. The maximum atomic E-state index is 4.63. The minimum absolute atomic E-state index is 0.923. The summed E-state index contributed by atoms with van der Waals surface area (Å²) in [5.41, 5.74) is 3.02. The molecule has 0 bridgehead atoms. The Bertz CT molecular complexity index is 840. The maximum absolute atomic E-state index is 4.63. The number of hydrogen-bond acceptors (Lipinski definition) is 2. The summed E-state index contributed by atoms with van der Waals surface area (Å²) in [5.74, 6) is 0. The van der Waals surface area contributed by atoms with E-state index in [0.29, 0.717) is 0 Å². The Balaban J connectivity index is 2.28. The number of rotatable bonds is 0. The van der Waals surface area contributed by atoms with Crippen molar-refractivity contribution in [2.45, 2.75) is 0 Å². The number of fused-ring (bicyclic) bond motifs is 4. The summed E-state index contributed by atoms with van der Waals surface area (Å²) in [6.07, 6.45) is 3.67. The van der Waals surface area contributed by atoms with E-state index in [2.05, 4.69) is 27.1 Å². The first-order valence-electron chi connectivity index (χ1n) is 5.53. The Morgan fingerprint density at radius 1 is 1.00 bits per heavy atom. The molecule has 1 aromatic carbocycles. The SMILES string of the molecule is c1ccc2nc3[nH]c4ccncc4c3cc2c1. The summed E-state index contributed by atoms with van der Waals surface area (Å²) in [5, 5.41) is 3.41. The molecule has 0 unspecified atom stereocenters.